The van der Waals surface area contributed by atoms with E-state index in [1.807, 2.05) is 0 Å². The van der Waals surface area contributed by atoms with Crippen molar-refractivity contribution in [2.75, 3.05) is 13.7 Å². The van der Waals surface area contributed by atoms with Gasteiger partial charge in [-0.05, 0) is 18.2 Å². The highest BCUT2D eigenvalue weighted by Crippen LogP contribution is 2.41. The summed E-state index contributed by atoms with van der Waals surface area (Å²) in [6, 6.07) is 10.8. The Morgan fingerprint density at radius 3 is 2.50 bits per heavy atom. The van der Waals surface area contributed by atoms with Crippen LogP contribution in [0.2, 0.25) is 0 Å². The maximum atomic E-state index is 12.5. The lowest BCUT2D eigenvalue weighted by molar-refractivity contribution is -0.384. The minimum atomic E-state index is -0.954. The molecule has 2 atom stereocenters. The van der Waals surface area contributed by atoms with Gasteiger partial charge in [0.15, 0.2) is 6.61 Å². The van der Waals surface area contributed by atoms with Crippen LogP contribution in [0.25, 0.3) is 0 Å². The van der Waals surface area contributed by atoms with Gasteiger partial charge in [0.1, 0.15) is 17.2 Å². The van der Waals surface area contributed by atoms with Crippen molar-refractivity contribution >= 4 is 35.1 Å². The molecule has 2 aromatic carbocycles. The number of benzene rings is 2. The first kappa shape index (κ1) is 21.1. The van der Waals surface area contributed by atoms with Crippen molar-refractivity contribution in [3.05, 3.63) is 69.8 Å². The highest BCUT2D eigenvalue weighted by molar-refractivity contribution is 6.33. The summed E-state index contributed by atoms with van der Waals surface area (Å²) in [6.45, 7) is -0.337. The molecule has 30 heavy (non-hydrogen) atoms. The second-order valence-electron chi connectivity index (χ2n) is 6.20. The molecule has 11 heteroatoms. The predicted octanol–water partition coefficient (Wildman–Crippen LogP) is 1.98. The Kier molecular flexibility index (Phi) is 6.17. The molecule has 156 valence electrons. The molecule has 2 aromatic rings. The highest BCUT2D eigenvalue weighted by atomic mass is 35.5. The summed E-state index contributed by atoms with van der Waals surface area (Å²) >= 11 is 6.18. The van der Waals surface area contributed by atoms with Gasteiger partial charge in [-0.2, -0.15) is 0 Å². The van der Waals surface area contributed by atoms with Crippen molar-refractivity contribution in [1.29, 1.82) is 0 Å². The van der Waals surface area contributed by atoms with Crippen LogP contribution in [0.3, 0.4) is 0 Å². The number of hydrazine groups is 1. The minimum Gasteiger partial charge on any atom is -0.482 e. The fourth-order valence-electron chi connectivity index (χ4n) is 2.84. The van der Waals surface area contributed by atoms with Crippen LogP contribution in [0.5, 0.6) is 5.75 Å². The van der Waals surface area contributed by atoms with Gasteiger partial charge >= 0.3 is 5.97 Å². The number of carbonyl (C=O) groups is 3. The quantitative estimate of drug-likeness (QED) is 0.232. The summed E-state index contributed by atoms with van der Waals surface area (Å²) < 4.78 is 10.00. The standard InChI is InChI=1S/C19H16ClN3O7/c1-29-15(24)10-30-14-5-3-2-4-13(14)17-16(20)19(26)22(17)21-18(25)11-6-8-12(9-7-11)23(27)28/h2-9,16-17H,10H2,1H3,(H,21,25). The number of halogens is 1. The van der Waals surface area contributed by atoms with E-state index in [0.717, 1.165) is 5.01 Å². The SMILES string of the molecule is COC(=O)COc1ccccc1C1C(Cl)C(=O)N1NC(=O)c1ccc([N+](=O)[O-])cc1. The van der Waals surface area contributed by atoms with Gasteiger partial charge in [-0.1, -0.05) is 18.2 Å². The third-order valence-corrected chi connectivity index (χ3v) is 4.83. The molecular weight excluding hydrogens is 418 g/mol. The largest absolute Gasteiger partial charge is 0.482 e. The molecular formula is C19H16ClN3O7. The van der Waals surface area contributed by atoms with E-state index >= 15 is 0 Å². The number of esters is 1. The van der Waals surface area contributed by atoms with Crippen molar-refractivity contribution in [2.45, 2.75) is 11.4 Å². The molecule has 1 saturated heterocycles. The van der Waals surface area contributed by atoms with E-state index in [2.05, 4.69) is 10.2 Å². The molecule has 1 aliphatic rings. The first-order chi connectivity index (χ1) is 14.3. The van der Waals surface area contributed by atoms with Gasteiger partial charge in [-0.15, -0.1) is 11.6 Å². The molecule has 0 saturated carbocycles. The molecule has 0 aliphatic carbocycles. The molecule has 0 bridgehead atoms. The number of nitrogens with one attached hydrogen (secondary N) is 1. The van der Waals surface area contributed by atoms with Gasteiger partial charge in [0.05, 0.1) is 12.0 Å². The Hall–Kier alpha value is -3.66. The number of hydrogen-bond donors (Lipinski definition) is 1. The number of rotatable bonds is 7. The molecule has 1 N–H and O–H groups in total. The number of methoxy groups -OCH3 is 1. The first-order valence-electron chi connectivity index (χ1n) is 8.64. The molecule has 2 unspecified atom stereocenters. The summed E-state index contributed by atoms with van der Waals surface area (Å²) in [4.78, 5) is 46.3. The molecule has 0 aromatic heterocycles. The number of nitro benzene ring substituents is 1. The molecule has 0 spiro atoms. The van der Waals surface area contributed by atoms with Crippen LogP contribution in [0, 0.1) is 10.1 Å². The average Bonchev–Trinajstić information content (AvgIpc) is 2.77. The fourth-order valence-corrected chi connectivity index (χ4v) is 3.19. The van der Waals surface area contributed by atoms with Gasteiger partial charge in [0.25, 0.3) is 17.5 Å². The monoisotopic (exact) mass is 433 g/mol. The first-order valence-corrected chi connectivity index (χ1v) is 9.08. The third-order valence-electron chi connectivity index (χ3n) is 4.40. The Bertz CT molecular complexity index is 996. The number of β-lactam (4-membered cyclic amide) rings is 1. The highest BCUT2D eigenvalue weighted by Gasteiger charge is 2.49. The summed E-state index contributed by atoms with van der Waals surface area (Å²) in [5.41, 5.74) is 2.91. The molecule has 2 amide bonds. The minimum absolute atomic E-state index is 0.125. The molecule has 1 fully saturated rings. The summed E-state index contributed by atoms with van der Waals surface area (Å²) in [6.07, 6.45) is 0. The maximum absolute atomic E-state index is 12.5. The van der Waals surface area contributed by atoms with Gasteiger partial charge in [-0.3, -0.25) is 25.1 Å². The van der Waals surface area contributed by atoms with Crippen LogP contribution in [0.15, 0.2) is 48.5 Å². The van der Waals surface area contributed by atoms with Crippen molar-refractivity contribution in [1.82, 2.24) is 10.4 Å². The number of non-ortho nitro benzene ring substituents is 1. The number of amides is 2. The van der Waals surface area contributed by atoms with Gasteiger partial charge in [-0.25, -0.2) is 9.80 Å². The third kappa shape index (κ3) is 4.18. The zero-order valence-electron chi connectivity index (χ0n) is 15.6. The lowest BCUT2D eigenvalue weighted by Gasteiger charge is -2.44. The molecule has 1 heterocycles. The van der Waals surface area contributed by atoms with E-state index < -0.39 is 34.1 Å². The summed E-state index contributed by atoms with van der Waals surface area (Å²) in [5, 5.41) is 10.8. The van der Waals surface area contributed by atoms with Crippen molar-refractivity contribution in [3.63, 3.8) is 0 Å². The normalized spacial score (nSPS) is 17.7. The van der Waals surface area contributed by atoms with E-state index in [4.69, 9.17) is 16.3 Å². The Labute approximate surface area is 175 Å². The number of ether oxygens (including phenoxy) is 2. The van der Waals surface area contributed by atoms with E-state index in [1.165, 1.54) is 31.4 Å². The number of hydrogen-bond acceptors (Lipinski definition) is 7. The van der Waals surface area contributed by atoms with Gasteiger partial charge in [0.2, 0.25) is 0 Å². The van der Waals surface area contributed by atoms with E-state index in [1.54, 1.807) is 24.3 Å². The molecule has 10 nitrogen and oxygen atoms in total. The average molecular weight is 434 g/mol. The van der Waals surface area contributed by atoms with Gasteiger partial charge in [0, 0.05) is 23.3 Å². The lowest BCUT2D eigenvalue weighted by atomic mass is 9.94. The predicted molar refractivity (Wildman–Crippen MR) is 104 cm³/mol. The van der Waals surface area contributed by atoms with Crippen LogP contribution in [0.4, 0.5) is 5.69 Å². The van der Waals surface area contributed by atoms with E-state index in [9.17, 15) is 24.5 Å². The molecule has 3 rings (SSSR count). The smallest absolute Gasteiger partial charge is 0.343 e. The molecule has 1 aliphatic heterocycles. The van der Waals surface area contributed by atoms with Crippen LogP contribution in [0.1, 0.15) is 22.0 Å². The fraction of sp³-hybridized carbons (Fsp3) is 0.211. The van der Waals surface area contributed by atoms with Crippen molar-refractivity contribution in [2.24, 2.45) is 0 Å². The maximum Gasteiger partial charge on any atom is 0.343 e. The van der Waals surface area contributed by atoms with Crippen LogP contribution < -0.4 is 10.2 Å². The number of nitro groups is 1. The Balaban J connectivity index is 1.78. The number of para-hydroxylation sites is 1. The number of carbonyl (C=O) groups excluding carboxylic acids is 3. The second kappa shape index (κ2) is 8.78. The summed E-state index contributed by atoms with van der Waals surface area (Å²) in [5.74, 6) is -1.44. The van der Waals surface area contributed by atoms with Gasteiger partial charge < -0.3 is 9.47 Å². The second-order valence-corrected chi connectivity index (χ2v) is 6.67. The zero-order chi connectivity index (χ0) is 21.8. The zero-order valence-corrected chi connectivity index (χ0v) is 16.4. The van der Waals surface area contributed by atoms with Crippen LogP contribution >= 0.6 is 11.6 Å². The summed E-state index contributed by atoms with van der Waals surface area (Å²) in [7, 11) is 1.23. The Morgan fingerprint density at radius 1 is 1.20 bits per heavy atom. The van der Waals surface area contributed by atoms with E-state index in [0.29, 0.717) is 11.3 Å². The van der Waals surface area contributed by atoms with Crippen LogP contribution in [-0.4, -0.2) is 46.8 Å². The number of alkyl halides is 1. The Morgan fingerprint density at radius 2 is 1.87 bits per heavy atom. The molecule has 0 radical (unpaired) electrons. The number of nitrogens with zero attached hydrogens (tertiary/aromatic N) is 2. The topological polar surface area (TPSA) is 128 Å². The van der Waals surface area contributed by atoms with Crippen molar-refractivity contribution < 1.29 is 28.8 Å². The lowest BCUT2D eigenvalue weighted by Crippen LogP contribution is -2.63. The van der Waals surface area contributed by atoms with Crippen LogP contribution in [-0.2, 0) is 14.3 Å². The van der Waals surface area contributed by atoms with Crippen molar-refractivity contribution in [3.8, 4) is 5.75 Å². The van der Waals surface area contributed by atoms with E-state index in [-0.39, 0.29) is 17.9 Å².